The maximum absolute atomic E-state index is 12.3. The highest BCUT2D eigenvalue weighted by atomic mass is 16.8. The highest BCUT2D eigenvalue weighted by Crippen LogP contribution is 2.69. The predicted octanol–water partition coefficient (Wildman–Crippen LogP) is 0.219. The number of allylic oxidation sites excluding steroid dienone is 2. The summed E-state index contributed by atoms with van der Waals surface area (Å²) in [7, 11) is 0. The van der Waals surface area contributed by atoms with Crippen molar-refractivity contribution < 1.29 is 88.6 Å². The number of aliphatic hydroxyl groups is 9. The van der Waals surface area contributed by atoms with Crippen molar-refractivity contribution >= 4 is 5.97 Å². The zero-order valence-corrected chi connectivity index (χ0v) is 37.4. The Hall–Kier alpha value is -2.11. The Bertz CT molecular complexity index is 1770. The Kier molecular flexibility index (Phi) is 14.2. The number of carbonyl (C=O) groups is 1. The van der Waals surface area contributed by atoms with Crippen LogP contribution in [0.3, 0.4) is 0 Å². The van der Waals surface area contributed by atoms with Crippen molar-refractivity contribution in [3.8, 4) is 0 Å². The first-order valence-electron chi connectivity index (χ1n) is 23.1. The molecule has 0 radical (unpaired) electrons. The third-order valence-corrected chi connectivity index (χ3v) is 16.5. The van der Waals surface area contributed by atoms with Crippen LogP contribution in [0.5, 0.6) is 0 Å². The lowest BCUT2D eigenvalue weighted by Crippen LogP contribution is -2.64. The largest absolute Gasteiger partial charge is 0.494 e. The van der Waals surface area contributed by atoms with Crippen LogP contribution in [0.25, 0.3) is 0 Å². The molecule has 23 atom stereocenters. The van der Waals surface area contributed by atoms with Crippen molar-refractivity contribution in [2.24, 2.45) is 34.5 Å². The minimum absolute atomic E-state index is 0.0127. The Morgan fingerprint density at radius 2 is 1.61 bits per heavy atom. The van der Waals surface area contributed by atoms with Gasteiger partial charge in [-0.15, -0.1) is 0 Å². The molecule has 0 amide bonds. The average Bonchev–Trinajstić information content (AvgIpc) is 3.74. The molecule has 3 saturated heterocycles. The number of rotatable bonds is 12. The second kappa shape index (κ2) is 18.8. The fourth-order valence-electron chi connectivity index (χ4n) is 13.0. The Labute approximate surface area is 373 Å². The van der Waals surface area contributed by atoms with Gasteiger partial charge in [-0.05, 0) is 81.1 Å². The number of esters is 1. The third-order valence-electron chi connectivity index (χ3n) is 16.5. The zero-order valence-electron chi connectivity index (χ0n) is 37.4. The molecule has 362 valence electrons. The molecule has 18 heteroatoms. The first kappa shape index (κ1) is 48.4. The summed E-state index contributed by atoms with van der Waals surface area (Å²) in [5.74, 6) is 1.28. The standard InChI is InChI=1S/C46H70O18/c1-19(17-57-42-38(55)37(54)35(52)31(16-47)62-42)7-10-29-20(2)33-30(61-29)15-27-25-9-8-23-13-24(49)14-32(46(23,6)26(25)11-12-45(27,33)5)63-44-41(40(60-22(4)48)28(50)18-58-44)64-43-39(56)36(53)34(51)21(3)59-43/h8,21,24-28,30-44,47,49-56H,1,7,9-18H2,2-6H3/t21-,24+,25+,26-,27-,28-,30-,31+,32+,33-,34-,35+,36+,37-,38+,39+,40-,41+,42+,43-,44-,45-,46-/m0/s1. The van der Waals surface area contributed by atoms with Crippen molar-refractivity contribution in [3.05, 3.63) is 35.1 Å². The van der Waals surface area contributed by atoms with Crippen molar-refractivity contribution in [2.75, 3.05) is 19.8 Å². The van der Waals surface area contributed by atoms with Crippen molar-refractivity contribution in [3.63, 3.8) is 0 Å². The Balaban J connectivity index is 0.961. The van der Waals surface area contributed by atoms with Crippen LogP contribution in [0, 0.1) is 34.5 Å². The minimum atomic E-state index is -1.68. The molecule has 4 aliphatic heterocycles. The van der Waals surface area contributed by atoms with Crippen LogP contribution in [0.4, 0.5) is 0 Å². The summed E-state index contributed by atoms with van der Waals surface area (Å²) in [6.45, 7) is 12.9. The summed E-state index contributed by atoms with van der Waals surface area (Å²) in [5, 5.41) is 94.2. The number of hydrogen-bond donors (Lipinski definition) is 9. The molecule has 4 aliphatic carbocycles. The number of fused-ring (bicyclic) bond motifs is 7. The first-order valence-corrected chi connectivity index (χ1v) is 23.1. The van der Waals surface area contributed by atoms with Crippen LogP contribution in [0.2, 0.25) is 0 Å². The fourth-order valence-corrected chi connectivity index (χ4v) is 13.0. The molecule has 0 aromatic heterocycles. The van der Waals surface area contributed by atoms with Gasteiger partial charge in [0, 0.05) is 31.1 Å². The molecule has 4 heterocycles. The molecule has 0 unspecified atom stereocenters. The molecule has 0 aromatic rings. The summed E-state index contributed by atoms with van der Waals surface area (Å²) >= 11 is 0. The summed E-state index contributed by atoms with van der Waals surface area (Å²) in [6.07, 6.45) is -12.5. The predicted molar refractivity (Wildman–Crippen MR) is 221 cm³/mol. The van der Waals surface area contributed by atoms with Gasteiger partial charge in [0.05, 0.1) is 43.9 Å². The average molecular weight is 911 g/mol. The quantitative estimate of drug-likeness (QED) is 0.0936. The van der Waals surface area contributed by atoms with Gasteiger partial charge in [-0.25, -0.2) is 0 Å². The fraction of sp³-hybridized carbons (Fsp3) is 0.848. The van der Waals surface area contributed by atoms with Gasteiger partial charge in [0.2, 0.25) is 0 Å². The lowest BCUT2D eigenvalue weighted by Gasteiger charge is -2.60. The van der Waals surface area contributed by atoms with Crippen LogP contribution in [-0.4, -0.2) is 176 Å². The third kappa shape index (κ3) is 8.55. The molecular formula is C46H70O18. The molecule has 3 saturated carbocycles. The Morgan fingerprint density at radius 1 is 0.891 bits per heavy atom. The van der Waals surface area contributed by atoms with E-state index in [2.05, 4.69) is 33.4 Å². The molecule has 0 spiro atoms. The maximum atomic E-state index is 12.3. The van der Waals surface area contributed by atoms with Gasteiger partial charge in [0.1, 0.15) is 54.9 Å². The lowest BCUT2D eigenvalue weighted by atomic mass is 9.46. The van der Waals surface area contributed by atoms with E-state index in [-0.39, 0.29) is 48.9 Å². The molecule has 8 rings (SSSR count). The molecule has 0 bridgehead atoms. The molecule has 6 fully saturated rings. The van der Waals surface area contributed by atoms with Gasteiger partial charge in [0.25, 0.3) is 0 Å². The SMILES string of the molecule is C=C(CCC1=C(C)[C@H]2[C@H](C[C@H]3[C@@H]4CC=C5C[C@@H](O)C[C@@H](O[C@@H]6OC[C@H](O)[C@H](OC(C)=O)[C@H]6O[C@@H]6O[C@@H](C)[C@H](O)[C@@H](O)[C@H]6O)[C@]5(C)[C@H]4CC[C@@]32C)O1)CO[C@@H]1O[C@H](CO)[C@@H](O)[C@H](O)[C@H]1O. The number of aliphatic hydroxyl groups excluding tert-OH is 9. The molecule has 18 nitrogen and oxygen atoms in total. The van der Waals surface area contributed by atoms with Gasteiger partial charge in [-0.1, -0.05) is 37.6 Å². The molecular weight excluding hydrogens is 840 g/mol. The van der Waals surface area contributed by atoms with Gasteiger partial charge in [0.15, 0.2) is 31.1 Å². The van der Waals surface area contributed by atoms with Gasteiger partial charge < -0.3 is 83.9 Å². The summed E-state index contributed by atoms with van der Waals surface area (Å²) in [6, 6.07) is 0. The zero-order chi connectivity index (χ0) is 46.2. The van der Waals surface area contributed by atoms with E-state index in [1.54, 1.807) is 0 Å². The normalized spacial score (nSPS) is 50.1. The van der Waals surface area contributed by atoms with Gasteiger partial charge >= 0.3 is 5.97 Å². The second-order valence-electron chi connectivity index (χ2n) is 20.2. The summed E-state index contributed by atoms with van der Waals surface area (Å²) < 4.78 is 48.6. The van der Waals surface area contributed by atoms with E-state index in [4.69, 9.17) is 37.9 Å². The summed E-state index contributed by atoms with van der Waals surface area (Å²) in [4.78, 5) is 12.3. The first-order chi connectivity index (χ1) is 30.3. The lowest BCUT2D eigenvalue weighted by molar-refractivity contribution is -0.363. The van der Waals surface area contributed by atoms with E-state index in [0.717, 1.165) is 42.6 Å². The van der Waals surface area contributed by atoms with Gasteiger partial charge in [-0.2, -0.15) is 0 Å². The second-order valence-corrected chi connectivity index (χ2v) is 20.2. The van der Waals surface area contributed by atoms with Crippen molar-refractivity contribution in [1.29, 1.82) is 0 Å². The van der Waals surface area contributed by atoms with Crippen LogP contribution in [-0.2, 0) is 42.7 Å². The smallest absolute Gasteiger partial charge is 0.303 e. The van der Waals surface area contributed by atoms with E-state index in [1.165, 1.54) is 19.4 Å². The monoisotopic (exact) mass is 910 g/mol. The van der Waals surface area contributed by atoms with Crippen LogP contribution in [0.1, 0.15) is 86.0 Å². The minimum Gasteiger partial charge on any atom is -0.494 e. The highest BCUT2D eigenvalue weighted by Gasteiger charge is 2.65. The number of carbonyl (C=O) groups excluding carboxylic acids is 1. The number of ether oxygens (including phenoxy) is 8. The van der Waals surface area contributed by atoms with Crippen molar-refractivity contribution in [1.82, 2.24) is 0 Å². The van der Waals surface area contributed by atoms with E-state index in [9.17, 15) is 50.8 Å². The van der Waals surface area contributed by atoms with E-state index in [0.29, 0.717) is 25.2 Å². The molecule has 8 aliphatic rings. The van der Waals surface area contributed by atoms with E-state index >= 15 is 0 Å². The molecule has 9 N–H and O–H groups in total. The van der Waals surface area contributed by atoms with Crippen LogP contribution in [0.15, 0.2) is 35.1 Å². The van der Waals surface area contributed by atoms with E-state index in [1.807, 2.05) is 0 Å². The molecule has 0 aromatic carbocycles. The van der Waals surface area contributed by atoms with Crippen LogP contribution < -0.4 is 0 Å². The van der Waals surface area contributed by atoms with E-state index < -0.39 is 116 Å². The number of hydrogen-bond acceptors (Lipinski definition) is 18. The topological polar surface area (TPSA) is 273 Å². The van der Waals surface area contributed by atoms with Crippen LogP contribution >= 0.6 is 0 Å². The molecule has 64 heavy (non-hydrogen) atoms. The summed E-state index contributed by atoms with van der Waals surface area (Å²) in [5.41, 5.74) is 2.52. The van der Waals surface area contributed by atoms with Crippen molar-refractivity contribution in [2.45, 2.75) is 190 Å². The highest BCUT2D eigenvalue weighted by molar-refractivity contribution is 5.66. The Morgan fingerprint density at radius 3 is 2.33 bits per heavy atom. The maximum Gasteiger partial charge on any atom is 0.303 e. The van der Waals surface area contributed by atoms with Gasteiger partial charge in [-0.3, -0.25) is 4.79 Å².